The third kappa shape index (κ3) is 5.06. The van der Waals surface area contributed by atoms with Gasteiger partial charge < -0.3 is 0 Å². The lowest BCUT2D eigenvalue weighted by molar-refractivity contribution is 1.64. The van der Waals surface area contributed by atoms with Gasteiger partial charge in [0.05, 0.1) is 0 Å². The first kappa shape index (κ1) is 26.3. The normalized spacial score (nSPS) is 11.8. The lowest BCUT2D eigenvalue weighted by Crippen LogP contribution is -2.41. The zero-order valence-electron chi connectivity index (χ0n) is 22.7. The van der Waals surface area contributed by atoms with Crippen LogP contribution in [0.4, 0.5) is 0 Å². The van der Waals surface area contributed by atoms with E-state index in [-0.39, 0.29) is 6.71 Å². The van der Waals surface area contributed by atoms with Crippen molar-refractivity contribution in [3.05, 3.63) is 117 Å². The van der Waals surface area contributed by atoms with Gasteiger partial charge in [0.2, 0.25) is 13.4 Å². The quantitative estimate of drug-likeness (QED) is 0.240. The minimum absolute atomic E-state index is 0.275. The van der Waals surface area contributed by atoms with Gasteiger partial charge in [0.15, 0.2) is 0 Å². The van der Waals surface area contributed by atoms with Gasteiger partial charge in [0.25, 0.3) is 0 Å². The van der Waals surface area contributed by atoms with Crippen LogP contribution in [-0.2, 0) is 0 Å². The molecule has 0 saturated carbocycles. The zero-order valence-corrected chi connectivity index (χ0v) is 22.7. The molecule has 0 nitrogen and oxygen atoms in total. The van der Waals surface area contributed by atoms with Crippen molar-refractivity contribution in [3.63, 3.8) is 0 Å². The van der Waals surface area contributed by atoms with Gasteiger partial charge >= 0.3 is 0 Å². The van der Waals surface area contributed by atoms with E-state index in [0.717, 1.165) is 22.3 Å². The van der Waals surface area contributed by atoms with E-state index in [4.69, 9.17) is 25.7 Å². The molecule has 0 bridgehead atoms. The van der Waals surface area contributed by atoms with Crippen molar-refractivity contribution in [2.24, 2.45) is 0 Å². The van der Waals surface area contributed by atoms with E-state index in [1.165, 1.54) is 44.1 Å². The highest BCUT2D eigenvalue weighted by atomic mass is 14.1. The van der Waals surface area contributed by atoms with E-state index in [1.54, 1.807) is 0 Å². The second-order valence-corrected chi connectivity index (χ2v) is 10.1. The van der Waals surface area contributed by atoms with Crippen LogP contribution in [0.2, 0.25) is 13.6 Å². The molecule has 0 amide bonds. The van der Waals surface area contributed by atoms with E-state index >= 15 is 0 Å². The fraction of sp³-hybridized carbons (Fsp3) is 0.0526. The molecule has 0 fully saturated rings. The monoisotopic (exact) mass is 504 g/mol. The van der Waals surface area contributed by atoms with Crippen LogP contribution in [0.1, 0.15) is 44.5 Å². The van der Waals surface area contributed by atoms with Crippen molar-refractivity contribution in [1.29, 1.82) is 0 Å². The highest BCUT2D eigenvalue weighted by Gasteiger charge is 2.22. The van der Waals surface area contributed by atoms with Crippen LogP contribution < -0.4 is 21.9 Å². The average Bonchev–Trinajstić information content (AvgIpc) is 3.24. The van der Waals surface area contributed by atoms with Crippen LogP contribution in [-0.4, -0.2) is 13.4 Å². The van der Waals surface area contributed by atoms with E-state index in [0.29, 0.717) is 6.71 Å². The molecule has 4 aromatic carbocycles. The molecule has 2 aliphatic heterocycles. The maximum atomic E-state index is 5.51. The molecule has 2 aliphatic rings. The molecule has 0 N–H and O–H groups in total. The third-order valence-corrected chi connectivity index (χ3v) is 7.76. The van der Waals surface area contributed by atoms with Crippen LogP contribution >= 0.6 is 0 Å². The summed E-state index contributed by atoms with van der Waals surface area (Å²) in [5.74, 6) is 10.8. The molecule has 0 spiro atoms. The largest absolute Gasteiger partial charge is 0.207 e. The topological polar surface area (TPSA) is 0 Å². The Morgan fingerprint density at radius 2 is 0.725 bits per heavy atom. The molecule has 184 valence electrons. The molecule has 0 unspecified atom stereocenters. The number of hydrogen-bond acceptors (Lipinski definition) is 0. The summed E-state index contributed by atoms with van der Waals surface area (Å²) in [6, 6.07) is 24.7. The van der Waals surface area contributed by atoms with Crippen LogP contribution in [0, 0.1) is 49.4 Å². The van der Waals surface area contributed by atoms with Crippen LogP contribution in [0.5, 0.6) is 0 Å². The van der Waals surface area contributed by atoms with Crippen molar-refractivity contribution in [2.45, 2.75) is 13.6 Å². The van der Waals surface area contributed by atoms with Crippen molar-refractivity contribution >= 4 is 59.6 Å². The first-order valence-corrected chi connectivity index (χ1v) is 13.2. The summed E-state index contributed by atoms with van der Waals surface area (Å²) in [7, 11) is 0. The van der Waals surface area contributed by atoms with Gasteiger partial charge in [-0.05, 0) is 58.7 Å². The number of fused-ring (bicyclic) bond motifs is 4. The predicted octanol–water partition coefficient (Wildman–Crippen LogP) is 4.74. The number of terminal acetylenes is 4. The summed E-state index contributed by atoms with van der Waals surface area (Å²) in [6.07, 6.45) is 30.5. The van der Waals surface area contributed by atoms with Gasteiger partial charge in [-0.2, -0.15) is 0 Å². The second-order valence-electron chi connectivity index (χ2n) is 10.1. The zero-order chi connectivity index (χ0) is 28.2. The Morgan fingerprint density at radius 3 is 1.12 bits per heavy atom. The second kappa shape index (κ2) is 11.2. The number of hydrogen-bond donors (Lipinski definition) is 0. The molecular weight excluding hydrogens is 478 g/mol. The van der Waals surface area contributed by atoms with E-state index in [9.17, 15) is 0 Å². The summed E-state index contributed by atoms with van der Waals surface area (Å²) >= 11 is 0. The maximum Gasteiger partial charge on any atom is 0.207 e. The first-order valence-electron chi connectivity index (χ1n) is 13.2. The Kier molecular flexibility index (Phi) is 7.39. The van der Waals surface area contributed by atoms with Gasteiger partial charge in [-0.1, -0.05) is 120 Å². The minimum atomic E-state index is 0.275. The molecule has 0 radical (unpaired) electrons. The maximum absolute atomic E-state index is 5.51. The Balaban J connectivity index is 0.000000161. The molecule has 0 saturated heterocycles. The summed E-state index contributed by atoms with van der Waals surface area (Å²) in [6.45, 7) is 5.02. The molecule has 0 atom stereocenters. The van der Waals surface area contributed by atoms with E-state index in [2.05, 4.69) is 110 Å². The summed E-state index contributed by atoms with van der Waals surface area (Å²) in [5, 5.41) is 0. The summed E-state index contributed by atoms with van der Waals surface area (Å²) < 4.78 is 0. The number of benzene rings is 4. The lowest BCUT2D eigenvalue weighted by Gasteiger charge is -2.13. The van der Waals surface area contributed by atoms with Crippen LogP contribution in [0.15, 0.2) is 72.8 Å². The standard InChI is InChI=1S/2C19H13B/c1-4-14-6-10-18-16(12-14)8-9-17-13-15(5-2)7-11-19(17)20(18)3;1-4-14-6-8-16-10-11-17-9-7-15(5-2)13-19(17)20(3)18(16)12-14/h2*1-2,6-13H,3H3. The average molecular weight is 504 g/mol. The van der Waals surface area contributed by atoms with Crippen LogP contribution in [0.3, 0.4) is 0 Å². The Morgan fingerprint density at radius 1 is 0.400 bits per heavy atom. The van der Waals surface area contributed by atoms with Gasteiger partial charge in [-0.3, -0.25) is 0 Å². The highest BCUT2D eigenvalue weighted by Crippen LogP contribution is 2.16. The molecule has 0 aliphatic carbocycles. The first-order chi connectivity index (χ1) is 19.4. The highest BCUT2D eigenvalue weighted by molar-refractivity contribution is 6.86. The van der Waals surface area contributed by atoms with Crippen molar-refractivity contribution < 1.29 is 0 Å². The van der Waals surface area contributed by atoms with Gasteiger partial charge in [0, 0.05) is 22.3 Å². The van der Waals surface area contributed by atoms with Crippen molar-refractivity contribution in [3.8, 4) is 49.4 Å². The van der Waals surface area contributed by atoms with Crippen LogP contribution in [0.25, 0.3) is 24.3 Å². The smallest absolute Gasteiger partial charge is 0.115 e. The van der Waals surface area contributed by atoms with Gasteiger partial charge in [0.1, 0.15) is 0 Å². The Bertz CT molecular complexity index is 1740. The van der Waals surface area contributed by atoms with Gasteiger partial charge in [-0.15, -0.1) is 25.7 Å². The Hall–Kier alpha value is -5.27. The third-order valence-electron chi connectivity index (χ3n) is 7.76. The van der Waals surface area contributed by atoms with E-state index in [1.807, 2.05) is 24.3 Å². The Labute approximate surface area is 239 Å². The molecular formula is C38H26B2. The molecule has 40 heavy (non-hydrogen) atoms. The number of rotatable bonds is 0. The van der Waals surface area contributed by atoms with E-state index < -0.39 is 0 Å². The molecule has 4 aromatic rings. The molecule has 2 heteroatoms. The molecule has 6 rings (SSSR count). The van der Waals surface area contributed by atoms with Crippen molar-refractivity contribution in [1.82, 2.24) is 0 Å². The van der Waals surface area contributed by atoms with Gasteiger partial charge in [-0.25, -0.2) is 0 Å². The minimum Gasteiger partial charge on any atom is -0.115 e. The molecule has 0 aromatic heterocycles. The van der Waals surface area contributed by atoms with Crippen molar-refractivity contribution in [2.75, 3.05) is 0 Å². The SMILES string of the molecule is C#Cc1ccc2c(c1)B(C)c1cc(C#C)ccc1C=C2.C#Cc1ccc2c(c1)C=Cc1cc(C#C)ccc1B2C. The summed E-state index contributed by atoms with van der Waals surface area (Å²) in [4.78, 5) is 0. The summed E-state index contributed by atoms with van der Waals surface area (Å²) in [5.41, 5.74) is 13.6. The molecule has 2 heterocycles. The lowest BCUT2D eigenvalue weighted by atomic mass is 9.41. The predicted molar refractivity (Wildman–Crippen MR) is 177 cm³/mol. The fourth-order valence-corrected chi connectivity index (χ4v) is 5.48. The fourth-order valence-electron chi connectivity index (χ4n) is 5.48.